The lowest BCUT2D eigenvalue weighted by Gasteiger charge is -2.22. The molecule has 0 fully saturated rings. The topological polar surface area (TPSA) is 0 Å². The average molecular weight is 274 g/mol. The molecule has 0 aliphatic heterocycles. The molecule has 0 aromatic heterocycles. The molecule has 1 aliphatic carbocycles. The van der Waals surface area contributed by atoms with Gasteiger partial charge in [-0.2, -0.15) is 0 Å². The summed E-state index contributed by atoms with van der Waals surface area (Å²) in [7, 11) is 0. The molecule has 0 nitrogen and oxygen atoms in total. The molecule has 114 valence electrons. The van der Waals surface area contributed by atoms with E-state index >= 15 is 0 Å². The van der Waals surface area contributed by atoms with Gasteiger partial charge in [0.2, 0.25) is 0 Å². The Balaban J connectivity index is 0.00000172. The Morgan fingerprint density at radius 1 is 1.30 bits per heavy atom. The highest BCUT2D eigenvalue weighted by molar-refractivity contribution is 5.34. The van der Waals surface area contributed by atoms with Crippen molar-refractivity contribution < 1.29 is 0 Å². The lowest BCUT2D eigenvalue weighted by molar-refractivity contribution is 0.546. The van der Waals surface area contributed by atoms with E-state index in [0.717, 1.165) is 5.92 Å². The molecular formula is C20H34. The molecule has 0 bridgehead atoms. The Bertz CT molecular complexity index is 363. The van der Waals surface area contributed by atoms with Crippen LogP contribution in [0.4, 0.5) is 0 Å². The van der Waals surface area contributed by atoms with Gasteiger partial charge < -0.3 is 0 Å². The van der Waals surface area contributed by atoms with Crippen LogP contribution in [-0.2, 0) is 0 Å². The minimum absolute atomic E-state index is 0.735. The molecule has 0 spiro atoms. The zero-order chi connectivity index (χ0) is 15.4. The van der Waals surface area contributed by atoms with Crippen LogP contribution in [0.5, 0.6) is 0 Å². The number of allylic oxidation sites excluding steroid dienone is 8. The smallest absolute Gasteiger partial charge is 0.0191 e. The zero-order valence-corrected chi connectivity index (χ0v) is 14.5. The monoisotopic (exact) mass is 274 g/mol. The fraction of sp³-hybridized carbons (Fsp3) is 0.600. The predicted molar refractivity (Wildman–Crippen MR) is 94.0 cm³/mol. The first-order valence-corrected chi connectivity index (χ1v) is 8.36. The Hall–Kier alpha value is -1.04. The van der Waals surface area contributed by atoms with Gasteiger partial charge in [-0.1, -0.05) is 75.6 Å². The van der Waals surface area contributed by atoms with Crippen molar-refractivity contribution in [2.45, 2.75) is 73.6 Å². The summed E-state index contributed by atoms with van der Waals surface area (Å²) in [6, 6.07) is 0. The van der Waals surface area contributed by atoms with E-state index in [1.807, 2.05) is 13.8 Å². The van der Waals surface area contributed by atoms with E-state index in [9.17, 15) is 0 Å². The minimum atomic E-state index is 0.735. The van der Waals surface area contributed by atoms with Gasteiger partial charge in [-0.05, 0) is 51.0 Å². The molecule has 1 unspecified atom stereocenters. The summed E-state index contributed by atoms with van der Waals surface area (Å²) in [4.78, 5) is 0. The number of hydrogen-bond donors (Lipinski definition) is 0. The van der Waals surface area contributed by atoms with Crippen molar-refractivity contribution >= 4 is 0 Å². The van der Waals surface area contributed by atoms with Crippen LogP contribution < -0.4 is 0 Å². The fourth-order valence-electron chi connectivity index (χ4n) is 2.46. The van der Waals surface area contributed by atoms with Crippen LogP contribution in [0.1, 0.15) is 73.6 Å². The second-order valence-corrected chi connectivity index (χ2v) is 5.49. The van der Waals surface area contributed by atoms with Gasteiger partial charge in [0.05, 0.1) is 0 Å². The van der Waals surface area contributed by atoms with E-state index in [4.69, 9.17) is 0 Å². The molecule has 20 heavy (non-hydrogen) atoms. The predicted octanol–water partition coefficient (Wildman–Crippen LogP) is 7.01. The van der Waals surface area contributed by atoms with Crippen LogP contribution in [0.2, 0.25) is 0 Å². The van der Waals surface area contributed by atoms with Crippen LogP contribution in [0.3, 0.4) is 0 Å². The van der Waals surface area contributed by atoms with Gasteiger partial charge in [-0.15, -0.1) is 0 Å². The first-order valence-electron chi connectivity index (χ1n) is 8.36. The molecule has 0 heterocycles. The van der Waals surface area contributed by atoms with Gasteiger partial charge in [-0.3, -0.25) is 0 Å². The van der Waals surface area contributed by atoms with E-state index in [2.05, 4.69) is 58.1 Å². The van der Waals surface area contributed by atoms with Crippen molar-refractivity contribution in [2.24, 2.45) is 5.92 Å². The molecular weight excluding hydrogens is 240 g/mol. The van der Waals surface area contributed by atoms with Crippen LogP contribution in [0.25, 0.3) is 0 Å². The minimum Gasteiger partial charge on any atom is -0.0845 e. The van der Waals surface area contributed by atoms with Crippen molar-refractivity contribution in [1.82, 2.24) is 0 Å². The van der Waals surface area contributed by atoms with Crippen LogP contribution in [0.15, 0.2) is 47.1 Å². The number of hydrogen-bond acceptors (Lipinski definition) is 0. The van der Waals surface area contributed by atoms with Gasteiger partial charge in [0, 0.05) is 0 Å². The molecule has 0 radical (unpaired) electrons. The van der Waals surface area contributed by atoms with E-state index in [1.165, 1.54) is 37.7 Å². The third kappa shape index (κ3) is 7.53. The Morgan fingerprint density at radius 3 is 2.60 bits per heavy atom. The van der Waals surface area contributed by atoms with Gasteiger partial charge in [-0.25, -0.2) is 0 Å². The number of rotatable bonds is 5. The SMILES string of the molecule is CC.CCC/C=C/C=C(C)/C=C/C1=C(C)CCCC1C. The standard InChI is InChI=1S/C18H28.C2H6/c1-5-6-7-8-10-15(2)13-14-18-16(3)11-9-12-17(18)4;1-2/h7-8,10,13-14,16H,5-6,9,11-12H2,1-4H3;1-2H3/b8-7+,14-13+,15-10+;. The van der Waals surface area contributed by atoms with Crippen molar-refractivity contribution in [3.8, 4) is 0 Å². The van der Waals surface area contributed by atoms with Crippen LogP contribution >= 0.6 is 0 Å². The fourth-order valence-corrected chi connectivity index (χ4v) is 2.46. The molecule has 0 saturated carbocycles. The summed E-state index contributed by atoms with van der Waals surface area (Å²) >= 11 is 0. The Kier molecular flexibility index (Phi) is 11.1. The zero-order valence-electron chi connectivity index (χ0n) is 14.5. The Morgan fingerprint density at radius 2 is 2.00 bits per heavy atom. The maximum atomic E-state index is 2.35. The molecule has 0 heteroatoms. The molecule has 0 aromatic rings. The van der Waals surface area contributed by atoms with Gasteiger partial charge in [0.15, 0.2) is 0 Å². The molecule has 0 saturated heterocycles. The van der Waals surface area contributed by atoms with E-state index in [1.54, 1.807) is 11.1 Å². The first-order chi connectivity index (χ1) is 9.65. The van der Waals surface area contributed by atoms with E-state index < -0.39 is 0 Å². The van der Waals surface area contributed by atoms with E-state index in [-0.39, 0.29) is 0 Å². The summed E-state index contributed by atoms with van der Waals surface area (Å²) in [5.41, 5.74) is 4.48. The van der Waals surface area contributed by atoms with Crippen molar-refractivity contribution in [3.63, 3.8) is 0 Å². The third-order valence-corrected chi connectivity index (χ3v) is 3.69. The highest BCUT2D eigenvalue weighted by atomic mass is 14.2. The van der Waals surface area contributed by atoms with Crippen molar-refractivity contribution in [3.05, 3.63) is 47.1 Å². The molecule has 1 rings (SSSR count). The third-order valence-electron chi connectivity index (χ3n) is 3.69. The van der Waals surface area contributed by atoms with Crippen LogP contribution in [-0.4, -0.2) is 0 Å². The summed E-state index contributed by atoms with van der Waals surface area (Å²) in [5, 5.41) is 0. The number of unbranched alkanes of at least 4 members (excludes halogenated alkanes) is 1. The summed E-state index contributed by atoms with van der Waals surface area (Å²) in [5.74, 6) is 0.735. The highest BCUT2D eigenvalue weighted by Gasteiger charge is 2.14. The molecule has 0 aromatic carbocycles. The largest absolute Gasteiger partial charge is 0.0845 e. The van der Waals surface area contributed by atoms with Crippen molar-refractivity contribution in [1.29, 1.82) is 0 Å². The van der Waals surface area contributed by atoms with Gasteiger partial charge in [0.25, 0.3) is 0 Å². The maximum Gasteiger partial charge on any atom is -0.0191 e. The summed E-state index contributed by atoms with van der Waals surface area (Å²) < 4.78 is 0. The molecule has 0 N–H and O–H groups in total. The first kappa shape index (κ1) is 19.0. The van der Waals surface area contributed by atoms with Gasteiger partial charge >= 0.3 is 0 Å². The quantitative estimate of drug-likeness (QED) is 0.473. The summed E-state index contributed by atoms with van der Waals surface area (Å²) in [6.07, 6.45) is 17.6. The second-order valence-electron chi connectivity index (χ2n) is 5.49. The van der Waals surface area contributed by atoms with E-state index in [0.29, 0.717) is 0 Å². The highest BCUT2D eigenvalue weighted by Crippen LogP contribution is 2.30. The average Bonchev–Trinajstić information content (AvgIpc) is 2.45. The molecule has 1 aliphatic rings. The Labute approximate surface area is 127 Å². The summed E-state index contributed by atoms with van der Waals surface area (Å²) in [6.45, 7) is 13.0. The molecule has 0 amide bonds. The molecule has 1 atom stereocenters. The van der Waals surface area contributed by atoms with Crippen LogP contribution in [0, 0.1) is 5.92 Å². The second kappa shape index (κ2) is 11.8. The van der Waals surface area contributed by atoms with Crippen molar-refractivity contribution in [2.75, 3.05) is 0 Å². The lowest BCUT2D eigenvalue weighted by Crippen LogP contribution is -2.06. The van der Waals surface area contributed by atoms with Gasteiger partial charge in [0.1, 0.15) is 0 Å². The lowest BCUT2D eigenvalue weighted by atomic mass is 9.84. The maximum absolute atomic E-state index is 2.35. The normalized spacial score (nSPS) is 20.5.